The Bertz CT molecular complexity index is 479. The number of hydrogen-bond donors (Lipinski definition) is 2. The molecule has 17 heavy (non-hydrogen) atoms. The summed E-state index contributed by atoms with van der Waals surface area (Å²) in [5.41, 5.74) is 8.11. The van der Waals surface area contributed by atoms with Crippen molar-refractivity contribution in [3.05, 3.63) is 41.5 Å². The Morgan fingerprint density at radius 3 is 2.65 bits per heavy atom. The van der Waals surface area contributed by atoms with Gasteiger partial charge in [-0.1, -0.05) is 37.3 Å². The van der Waals surface area contributed by atoms with Gasteiger partial charge >= 0.3 is 0 Å². The molecule has 0 bridgehead atoms. The number of aromatic nitrogens is 1. The third kappa shape index (κ3) is 2.77. The summed E-state index contributed by atoms with van der Waals surface area (Å²) in [7, 11) is 0. The summed E-state index contributed by atoms with van der Waals surface area (Å²) in [5, 5.41) is 4.48. The van der Waals surface area contributed by atoms with Crippen LogP contribution in [-0.2, 0) is 0 Å². The van der Waals surface area contributed by atoms with Gasteiger partial charge in [-0.25, -0.2) is 0 Å². The molecule has 0 saturated heterocycles. The number of nitrogens with zero attached hydrogens (tertiary/aromatic N) is 1. The normalized spacial score (nSPS) is 12.4. The highest BCUT2D eigenvalue weighted by Gasteiger charge is 2.09. The van der Waals surface area contributed by atoms with E-state index in [1.807, 2.05) is 13.0 Å². The Hall–Kier alpha value is -1.55. The molecule has 2 aromatic rings. The van der Waals surface area contributed by atoms with E-state index in [2.05, 4.69) is 40.9 Å². The minimum absolute atomic E-state index is 0.471. The smallest absolute Gasteiger partial charge is 0.142 e. The molecule has 0 amide bonds. The van der Waals surface area contributed by atoms with Crippen LogP contribution in [0.4, 0.5) is 10.8 Å². The molecular formula is C13H17N3S. The Kier molecular flexibility index (Phi) is 3.64. The first-order chi connectivity index (χ1) is 8.18. The zero-order chi connectivity index (χ0) is 12.3. The molecule has 1 aromatic heterocycles. The van der Waals surface area contributed by atoms with E-state index in [0.717, 1.165) is 17.1 Å². The van der Waals surface area contributed by atoms with Crippen molar-refractivity contribution in [2.45, 2.75) is 19.8 Å². The lowest BCUT2D eigenvalue weighted by Crippen LogP contribution is -2.09. The molecule has 3 nitrogen and oxygen atoms in total. The second kappa shape index (κ2) is 5.19. The van der Waals surface area contributed by atoms with Gasteiger partial charge in [0.15, 0.2) is 0 Å². The van der Waals surface area contributed by atoms with Crippen LogP contribution in [0.25, 0.3) is 0 Å². The molecule has 2 rings (SSSR count). The quantitative estimate of drug-likeness (QED) is 0.872. The van der Waals surface area contributed by atoms with Crippen LogP contribution in [0.1, 0.15) is 24.0 Å². The molecule has 4 heteroatoms. The van der Waals surface area contributed by atoms with Gasteiger partial charge in [-0.15, -0.1) is 0 Å². The summed E-state index contributed by atoms with van der Waals surface area (Å²) >= 11 is 1.43. The minimum Gasteiger partial charge on any atom is -0.383 e. The molecule has 1 atom stereocenters. The summed E-state index contributed by atoms with van der Waals surface area (Å²) < 4.78 is 4.12. The molecule has 0 spiro atoms. The topological polar surface area (TPSA) is 50.9 Å². The fourth-order valence-corrected chi connectivity index (χ4v) is 2.37. The molecule has 0 saturated carbocycles. The number of rotatable bonds is 4. The van der Waals surface area contributed by atoms with Crippen LogP contribution in [0.2, 0.25) is 0 Å². The zero-order valence-corrected chi connectivity index (χ0v) is 10.9. The minimum atomic E-state index is 0.471. The number of hydrogen-bond acceptors (Lipinski definition) is 4. The van der Waals surface area contributed by atoms with Gasteiger partial charge in [0.25, 0.3) is 0 Å². The number of nitrogens with one attached hydrogen (secondary N) is 1. The largest absolute Gasteiger partial charge is 0.383 e. The summed E-state index contributed by atoms with van der Waals surface area (Å²) in [5.74, 6) is 1.10. The Morgan fingerprint density at radius 2 is 2.06 bits per heavy atom. The van der Waals surface area contributed by atoms with Crippen molar-refractivity contribution in [3.8, 4) is 0 Å². The Morgan fingerprint density at radius 1 is 1.35 bits per heavy atom. The van der Waals surface area contributed by atoms with Crippen LogP contribution in [0.15, 0.2) is 30.3 Å². The maximum absolute atomic E-state index is 5.72. The van der Waals surface area contributed by atoms with E-state index in [0.29, 0.717) is 11.7 Å². The average molecular weight is 247 g/mol. The van der Waals surface area contributed by atoms with Crippen LogP contribution >= 0.6 is 11.5 Å². The van der Waals surface area contributed by atoms with Crippen LogP contribution in [0.3, 0.4) is 0 Å². The second-order valence-corrected chi connectivity index (χ2v) is 4.99. The zero-order valence-electron chi connectivity index (χ0n) is 10.1. The highest BCUT2D eigenvalue weighted by Crippen LogP contribution is 2.26. The molecule has 3 N–H and O–H groups in total. The molecule has 90 valence electrons. The monoisotopic (exact) mass is 247 g/mol. The standard InChI is InChI=1S/C13H17N3S/c1-9(11-6-4-3-5-7-11)8-15-13-10(2)12(14)16-17-13/h3-7,9,15H,8H2,1-2H3,(H2,14,16). The van der Waals surface area contributed by atoms with Crippen LogP contribution in [0, 0.1) is 6.92 Å². The van der Waals surface area contributed by atoms with Crippen molar-refractivity contribution in [1.29, 1.82) is 0 Å². The van der Waals surface area contributed by atoms with Gasteiger partial charge in [0.1, 0.15) is 10.8 Å². The van der Waals surface area contributed by atoms with E-state index < -0.39 is 0 Å². The van der Waals surface area contributed by atoms with E-state index >= 15 is 0 Å². The van der Waals surface area contributed by atoms with Crippen molar-refractivity contribution in [3.63, 3.8) is 0 Å². The lowest BCUT2D eigenvalue weighted by atomic mass is 10.0. The van der Waals surface area contributed by atoms with Crippen molar-refractivity contribution < 1.29 is 0 Å². The second-order valence-electron chi connectivity index (χ2n) is 4.21. The lowest BCUT2D eigenvalue weighted by molar-refractivity contribution is 0.806. The van der Waals surface area contributed by atoms with Crippen LogP contribution in [0.5, 0.6) is 0 Å². The SMILES string of the molecule is Cc1c(N)nsc1NCC(C)c1ccccc1. The highest BCUT2D eigenvalue weighted by molar-refractivity contribution is 7.10. The Labute approximate surface area is 106 Å². The van der Waals surface area contributed by atoms with Crippen molar-refractivity contribution in [2.24, 2.45) is 0 Å². The van der Waals surface area contributed by atoms with Crippen molar-refractivity contribution in [2.75, 3.05) is 17.6 Å². The molecule has 1 aromatic carbocycles. The van der Waals surface area contributed by atoms with Crippen molar-refractivity contribution in [1.82, 2.24) is 4.37 Å². The maximum Gasteiger partial charge on any atom is 0.142 e. The number of nitrogen functional groups attached to an aromatic ring is 1. The van der Waals surface area contributed by atoms with E-state index in [-0.39, 0.29) is 0 Å². The van der Waals surface area contributed by atoms with Gasteiger partial charge in [-0.05, 0) is 29.9 Å². The van der Waals surface area contributed by atoms with E-state index in [4.69, 9.17) is 5.73 Å². The Balaban J connectivity index is 1.97. The van der Waals surface area contributed by atoms with Gasteiger partial charge in [-0.3, -0.25) is 0 Å². The highest BCUT2D eigenvalue weighted by atomic mass is 32.1. The third-order valence-corrected chi connectivity index (χ3v) is 3.82. The summed E-state index contributed by atoms with van der Waals surface area (Å²) in [6, 6.07) is 10.5. The lowest BCUT2D eigenvalue weighted by Gasteiger charge is -2.13. The van der Waals surface area contributed by atoms with Crippen molar-refractivity contribution >= 4 is 22.4 Å². The molecule has 0 fully saturated rings. The fraction of sp³-hybridized carbons (Fsp3) is 0.308. The molecule has 1 unspecified atom stereocenters. The first-order valence-corrected chi connectivity index (χ1v) is 6.46. The van der Waals surface area contributed by atoms with E-state index in [1.54, 1.807) is 0 Å². The van der Waals surface area contributed by atoms with Gasteiger partial charge < -0.3 is 11.1 Å². The molecular weight excluding hydrogens is 230 g/mol. The number of anilines is 2. The molecule has 0 aliphatic heterocycles. The first kappa shape index (κ1) is 11.9. The molecule has 0 radical (unpaired) electrons. The van der Waals surface area contributed by atoms with Crippen LogP contribution in [-0.4, -0.2) is 10.9 Å². The number of nitrogens with two attached hydrogens (primary N) is 1. The van der Waals surface area contributed by atoms with E-state index in [1.165, 1.54) is 17.1 Å². The van der Waals surface area contributed by atoms with Gasteiger partial charge in [0.05, 0.1) is 0 Å². The first-order valence-electron chi connectivity index (χ1n) is 5.69. The predicted octanol–water partition coefficient (Wildman–Crippen LogP) is 3.25. The maximum atomic E-state index is 5.72. The molecule has 0 aliphatic carbocycles. The number of benzene rings is 1. The van der Waals surface area contributed by atoms with Gasteiger partial charge in [0, 0.05) is 12.1 Å². The predicted molar refractivity (Wildman–Crippen MR) is 74.6 cm³/mol. The summed E-state index contributed by atoms with van der Waals surface area (Å²) in [6.45, 7) is 5.10. The van der Waals surface area contributed by atoms with E-state index in [9.17, 15) is 0 Å². The fourth-order valence-electron chi connectivity index (χ4n) is 1.66. The van der Waals surface area contributed by atoms with Gasteiger partial charge in [-0.2, -0.15) is 4.37 Å². The van der Waals surface area contributed by atoms with Crippen LogP contribution < -0.4 is 11.1 Å². The third-order valence-electron chi connectivity index (χ3n) is 2.90. The molecule has 0 aliphatic rings. The average Bonchev–Trinajstić information content (AvgIpc) is 2.68. The summed E-state index contributed by atoms with van der Waals surface area (Å²) in [6.07, 6.45) is 0. The van der Waals surface area contributed by atoms with Gasteiger partial charge in [0.2, 0.25) is 0 Å². The summed E-state index contributed by atoms with van der Waals surface area (Å²) in [4.78, 5) is 0. The molecule has 1 heterocycles.